The van der Waals surface area contributed by atoms with E-state index in [1.165, 1.54) is 0 Å². The highest BCUT2D eigenvalue weighted by atomic mass is 35.5. The van der Waals surface area contributed by atoms with Gasteiger partial charge in [-0.2, -0.15) is 0 Å². The number of carbonyl (C=O) groups excluding carboxylic acids is 1. The molecule has 0 spiro atoms. The Kier molecular flexibility index (Phi) is 7.25. The number of aliphatic hydroxyl groups is 1. The zero-order chi connectivity index (χ0) is 14.5. The van der Waals surface area contributed by atoms with Crippen LogP contribution in [0.1, 0.15) is 19.8 Å². The number of aliphatic hydroxyl groups excluding tert-OH is 1. The first-order valence-corrected chi connectivity index (χ1v) is 7.12. The fourth-order valence-corrected chi connectivity index (χ4v) is 2.29. The molecule has 1 aliphatic heterocycles. The fraction of sp³-hybridized carbons (Fsp3) is 0.500. The van der Waals surface area contributed by atoms with Crippen molar-refractivity contribution in [3.63, 3.8) is 0 Å². The summed E-state index contributed by atoms with van der Waals surface area (Å²) in [5.74, 6) is 0.445. The topological polar surface area (TPSA) is 70.6 Å². The maximum Gasteiger partial charge on any atom is 0.241 e. The van der Waals surface area contributed by atoms with Crippen LogP contribution in [0.25, 0.3) is 0 Å². The largest absolute Gasteiger partial charge is 0.492 e. The number of benzene rings is 1. The molecule has 1 amide bonds. The van der Waals surface area contributed by atoms with E-state index >= 15 is 0 Å². The lowest BCUT2D eigenvalue weighted by atomic mass is 10.2. The molecule has 21 heavy (non-hydrogen) atoms. The number of β-amino-alcohol motifs (C(OH)–C–C–N with tert-alkyl or cyclic N) is 1. The lowest BCUT2D eigenvalue weighted by molar-refractivity contribution is -0.117. The van der Waals surface area contributed by atoms with Crippen LogP contribution >= 0.6 is 24.0 Å². The molecule has 0 aliphatic carbocycles. The van der Waals surface area contributed by atoms with Crippen LogP contribution in [0.15, 0.2) is 18.2 Å². The van der Waals surface area contributed by atoms with Gasteiger partial charge in [0.1, 0.15) is 5.75 Å². The Labute approximate surface area is 135 Å². The molecule has 1 aromatic carbocycles. The van der Waals surface area contributed by atoms with Crippen molar-refractivity contribution < 1.29 is 14.6 Å². The number of carbonyl (C=O) groups is 1. The lowest BCUT2D eigenvalue weighted by Crippen LogP contribution is -2.35. The molecule has 118 valence electrons. The predicted octanol–water partition coefficient (Wildman–Crippen LogP) is 2.21. The van der Waals surface area contributed by atoms with Gasteiger partial charge in [-0.3, -0.25) is 4.79 Å². The quantitative estimate of drug-likeness (QED) is 0.772. The third kappa shape index (κ3) is 5.04. The van der Waals surface area contributed by atoms with Crippen molar-refractivity contribution in [1.82, 2.24) is 5.32 Å². The molecule has 2 atom stereocenters. The first kappa shape index (κ1) is 18.0. The van der Waals surface area contributed by atoms with Gasteiger partial charge in [0.25, 0.3) is 0 Å². The number of halogens is 2. The number of hydrogen-bond donors (Lipinski definition) is 3. The van der Waals surface area contributed by atoms with Gasteiger partial charge in [-0.15, -0.1) is 12.4 Å². The van der Waals surface area contributed by atoms with Crippen molar-refractivity contribution in [1.29, 1.82) is 0 Å². The fourth-order valence-electron chi connectivity index (χ4n) is 2.05. The summed E-state index contributed by atoms with van der Waals surface area (Å²) < 4.78 is 5.47. The molecular formula is C14H20Cl2N2O3. The zero-order valence-electron chi connectivity index (χ0n) is 11.8. The molecule has 0 radical (unpaired) electrons. The summed E-state index contributed by atoms with van der Waals surface area (Å²) in [7, 11) is 0. The molecule has 1 heterocycles. The minimum atomic E-state index is -0.459. The average molecular weight is 335 g/mol. The van der Waals surface area contributed by atoms with Crippen LogP contribution in [0.5, 0.6) is 5.75 Å². The van der Waals surface area contributed by atoms with Crippen LogP contribution in [0.3, 0.4) is 0 Å². The van der Waals surface area contributed by atoms with Crippen molar-refractivity contribution in [2.75, 3.05) is 18.5 Å². The Morgan fingerprint density at radius 1 is 1.57 bits per heavy atom. The second-order valence-electron chi connectivity index (χ2n) is 4.83. The third-order valence-corrected chi connectivity index (χ3v) is 3.38. The Morgan fingerprint density at radius 3 is 2.90 bits per heavy atom. The van der Waals surface area contributed by atoms with Crippen molar-refractivity contribution in [2.24, 2.45) is 0 Å². The maximum absolute atomic E-state index is 12.0. The zero-order valence-corrected chi connectivity index (χ0v) is 13.3. The van der Waals surface area contributed by atoms with E-state index in [0.717, 1.165) is 6.42 Å². The molecule has 7 heteroatoms. The standard InChI is InChI=1S/C14H19ClN2O3.ClH/c1-2-5-20-13-4-3-9(6-11(13)15)17-14(19)12-7-10(18)8-16-12;/h3-4,6,10,12,16,18H,2,5,7-8H2,1H3,(H,17,19);1H. The number of hydrogen-bond acceptors (Lipinski definition) is 4. The lowest BCUT2D eigenvalue weighted by Gasteiger charge is -2.12. The summed E-state index contributed by atoms with van der Waals surface area (Å²) in [5.41, 5.74) is 0.618. The summed E-state index contributed by atoms with van der Waals surface area (Å²) >= 11 is 6.10. The molecule has 0 bridgehead atoms. The van der Waals surface area contributed by atoms with E-state index in [0.29, 0.717) is 36.0 Å². The Balaban J connectivity index is 0.00000220. The highest BCUT2D eigenvalue weighted by Gasteiger charge is 2.28. The minimum Gasteiger partial charge on any atom is -0.492 e. The van der Waals surface area contributed by atoms with Crippen molar-refractivity contribution >= 4 is 35.6 Å². The summed E-state index contributed by atoms with van der Waals surface area (Å²) in [6, 6.07) is 4.79. The van der Waals surface area contributed by atoms with Gasteiger partial charge in [0, 0.05) is 12.2 Å². The van der Waals surface area contributed by atoms with Gasteiger partial charge >= 0.3 is 0 Å². The van der Waals surface area contributed by atoms with Gasteiger partial charge in [-0.05, 0) is 31.0 Å². The third-order valence-electron chi connectivity index (χ3n) is 3.09. The Hall–Kier alpha value is -1.01. The number of rotatable bonds is 5. The van der Waals surface area contributed by atoms with Crippen LogP contribution < -0.4 is 15.4 Å². The van der Waals surface area contributed by atoms with E-state index in [2.05, 4.69) is 10.6 Å². The van der Waals surface area contributed by atoms with Gasteiger partial charge in [0.2, 0.25) is 5.91 Å². The van der Waals surface area contributed by atoms with Gasteiger partial charge in [0.05, 0.1) is 23.8 Å². The van der Waals surface area contributed by atoms with E-state index in [1.54, 1.807) is 18.2 Å². The Bertz CT molecular complexity index is 485. The highest BCUT2D eigenvalue weighted by Crippen LogP contribution is 2.28. The molecule has 1 fully saturated rings. The number of ether oxygens (including phenoxy) is 1. The van der Waals surface area contributed by atoms with E-state index < -0.39 is 6.10 Å². The molecule has 2 unspecified atom stereocenters. The second-order valence-corrected chi connectivity index (χ2v) is 5.24. The van der Waals surface area contributed by atoms with Crippen LogP contribution in [0.4, 0.5) is 5.69 Å². The second kappa shape index (κ2) is 8.44. The summed E-state index contributed by atoms with van der Waals surface area (Å²) in [5, 5.41) is 15.6. The highest BCUT2D eigenvalue weighted by molar-refractivity contribution is 6.32. The van der Waals surface area contributed by atoms with Gasteiger partial charge in [0.15, 0.2) is 0 Å². The number of nitrogens with one attached hydrogen (secondary N) is 2. The molecule has 3 N–H and O–H groups in total. The summed E-state index contributed by atoms with van der Waals surface area (Å²) in [6.07, 6.45) is 0.876. The minimum absolute atomic E-state index is 0. The van der Waals surface area contributed by atoms with Crippen molar-refractivity contribution in [3.05, 3.63) is 23.2 Å². The molecule has 5 nitrogen and oxygen atoms in total. The normalized spacial score (nSPS) is 20.7. The van der Waals surface area contributed by atoms with E-state index in [9.17, 15) is 9.90 Å². The number of amides is 1. The van der Waals surface area contributed by atoms with Crippen LogP contribution in [0.2, 0.25) is 5.02 Å². The first-order valence-electron chi connectivity index (χ1n) is 6.74. The van der Waals surface area contributed by atoms with Crippen molar-refractivity contribution in [2.45, 2.75) is 31.9 Å². The smallest absolute Gasteiger partial charge is 0.241 e. The summed E-state index contributed by atoms with van der Waals surface area (Å²) in [4.78, 5) is 12.0. The average Bonchev–Trinajstić information content (AvgIpc) is 2.85. The Morgan fingerprint density at radius 2 is 2.33 bits per heavy atom. The van der Waals surface area contributed by atoms with Crippen LogP contribution in [-0.2, 0) is 4.79 Å². The van der Waals surface area contributed by atoms with Gasteiger partial charge in [-0.1, -0.05) is 18.5 Å². The predicted molar refractivity (Wildman–Crippen MR) is 85.5 cm³/mol. The molecule has 1 aromatic rings. The number of anilines is 1. The molecule has 2 rings (SSSR count). The monoisotopic (exact) mass is 334 g/mol. The van der Waals surface area contributed by atoms with Gasteiger partial charge < -0.3 is 20.5 Å². The van der Waals surface area contributed by atoms with E-state index in [-0.39, 0.29) is 24.4 Å². The molecular weight excluding hydrogens is 315 g/mol. The summed E-state index contributed by atoms with van der Waals surface area (Å²) in [6.45, 7) is 3.07. The van der Waals surface area contributed by atoms with Gasteiger partial charge in [-0.25, -0.2) is 0 Å². The van der Waals surface area contributed by atoms with E-state index in [1.807, 2.05) is 6.92 Å². The SMILES string of the molecule is CCCOc1ccc(NC(=O)C2CC(O)CN2)cc1Cl.Cl. The molecule has 1 saturated heterocycles. The van der Waals surface area contributed by atoms with Crippen LogP contribution in [-0.4, -0.2) is 36.3 Å². The molecule has 1 aliphatic rings. The maximum atomic E-state index is 12.0. The van der Waals surface area contributed by atoms with Crippen LogP contribution in [0, 0.1) is 0 Å². The molecule has 0 aromatic heterocycles. The van der Waals surface area contributed by atoms with Crippen molar-refractivity contribution in [3.8, 4) is 5.75 Å². The first-order chi connectivity index (χ1) is 9.60. The molecule has 0 saturated carbocycles. The van der Waals surface area contributed by atoms with E-state index in [4.69, 9.17) is 16.3 Å².